The monoisotopic (exact) mass is 474 g/mol. The minimum absolute atomic E-state index is 0.0311. The van der Waals surface area contributed by atoms with Crippen LogP contribution in [0.4, 0.5) is 15.8 Å². The molecular formula is C23H27FN4O2S2. The zero-order valence-corrected chi connectivity index (χ0v) is 19.5. The third-order valence-corrected chi connectivity index (χ3v) is 7.79. The van der Waals surface area contributed by atoms with Crippen LogP contribution >= 0.6 is 11.3 Å². The van der Waals surface area contributed by atoms with Gasteiger partial charge in [-0.2, -0.15) is 0 Å². The van der Waals surface area contributed by atoms with E-state index in [4.69, 9.17) is 0 Å². The van der Waals surface area contributed by atoms with Crippen LogP contribution in [0.3, 0.4) is 0 Å². The summed E-state index contributed by atoms with van der Waals surface area (Å²) < 4.78 is 40.9. The lowest BCUT2D eigenvalue weighted by Gasteiger charge is -2.35. The first-order valence-corrected chi connectivity index (χ1v) is 13.0. The molecule has 4 rings (SSSR count). The number of sulfonamides is 1. The van der Waals surface area contributed by atoms with Gasteiger partial charge in [0.15, 0.2) is 0 Å². The molecule has 1 atom stereocenters. The van der Waals surface area contributed by atoms with Crippen LogP contribution < -0.4 is 14.9 Å². The quantitative estimate of drug-likeness (QED) is 0.510. The minimum atomic E-state index is -3.77. The summed E-state index contributed by atoms with van der Waals surface area (Å²) in [6, 6.07) is 13.1. The smallest absolute Gasteiger partial charge is 0.261 e. The maximum absolute atomic E-state index is 13.1. The number of thiazole rings is 1. The van der Waals surface area contributed by atoms with Crippen molar-refractivity contribution in [3.05, 3.63) is 70.9 Å². The molecule has 1 aliphatic heterocycles. The fraction of sp³-hybridized carbons (Fsp3) is 0.348. The van der Waals surface area contributed by atoms with Gasteiger partial charge in [0.05, 0.1) is 16.1 Å². The van der Waals surface area contributed by atoms with Crippen molar-refractivity contribution in [1.29, 1.82) is 0 Å². The Morgan fingerprint density at radius 1 is 1.19 bits per heavy atom. The molecule has 1 saturated heterocycles. The van der Waals surface area contributed by atoms with Crippen molar-refractivity contribution in [3.8, 4) is 0 Å². The number of nitrogens with zero attached hydrogens (tertiary/aromatic N) is 2. The van der Waals surface area contributed by atoms with E-state index < -0.39 is 15.8 Å². The SMILES string of the molecule is C[C@H](Cc1cncs1)NC1CCN(c2cccc(NS(=O)(=O)c3ccc(F)cc3)c2)CC1. The molecule has 1 aromatic heterocycles. The predicted molar refractivity (Wildman–Crippen MR) is 127 cm³/mol. The van der Waals surface area contributed by atoms with E-state index in [2.05, 4.69) is 26.8 Å². The Hall–Kier alpha value is -2.49. The molecule has 0 spiro atoms. The molecule has 2 heterocycles. The molecule has 0 aliphatic carbocycles. The molecule has 1 fully saturated rings. The number of nitrogens with one attached hydrogen (secondary N) is 2. The Morgan fingerprint density at radius 3 is 2.62 bits per heavy atom. The van der Waals surface area contributed by atoms with Gasteiger partial charge in [-0.1, -0.05) is 6.07 Å². The van der Waals surface area contributed by atoms with Crippen LogP contribution in [0, 0.1) is 5.82 Å². The number of rotatable bonds is 8. The average molecular weight is 475 g/mol. The molecule has 0 saturated carbocycles. The van der Waals surface area contributed by atoms with Gasteiger partial charge in [-0.3, -0.25) is 9.71 Å². The average Bonchev–Trinajstić information content (AvgIpc) is 3.27. The number of halogens is 1. The van der Waals surface area contributed by atoms with E-state index >= 15 is 0 Å². The van der Waals surface area contributed by atoms with E-state index in [9.17, 15) is 12.8 Å². The number of aromatic nitrogens is 1. The van der Waals surface area contributed by atoms with E-state index in [0.717, 1.165) is 50.2 Å². The topological polar surface area (TPSA) is 74.3 Å². The fourth-order valence-corrected chi connectivity index (χ4v) is 5.78. The van der Waals surface area contributed by atoms with Crippen molar-refractivity contribution < 1.29 is 12.8 Å². The molecule has 1 aliphatic rings. The van der Waals surface area contributed by atoms with E-state index in [1.807, 2.05) is 29.9 Å². The van der Waals surface area contributed by atoms with E-state index in [0.29, 0.717) is 17.8 Å². The van der Waals surface area contributed by atoms with Crippen molar-refractivity contribution in [1.82, 2.24) is 10.3 Å². The third-order valence-electron chi connectivity index (χ3n) is 5.59. The summed E-state index contributed by atoms with van der Waals surface area (Å²) in [6.45, 7) is 4.01. The van der Waals surface area contributed by atoms with Crippen LogP contribution in [-0.4, -0.2) is 38.6 Å². The van der Waals surface area contributed by atoms with Gasteiger partial charge in [0, 0.05) is 41.9 Å². The molecule has 0 unspecified atom stereocenters. The van der Waals surface area contributed by atoms with Crippen LogP contribution in [0.15, 0.2) is 65.1 Å². The normalized spacial score (nSPS) is 16.1. The summed E-state index contributed by atoms with van der Waals surface area (Å²) >= 11 is 1.69. The van der Waals surface area contributed by atoms with E-state index in [-0.39, 0.29) is 4.90 Å². The van der Waals surface area contributed by atoms with Gasteiger partial charge in [0.2, 0.25) is 0 Å². The first kappa shape index (κ1) is 22.7. The lowest BCUT2D eigenvalue weighted by molar-refractivity contribution is 0.376. The van der Waals surface area contributed by atoms with Crippen LogP contribution in [0.5, 0.6) is 0 Å². The lowest BCUT2D eigenvalue weighted by Crippen LogP contribution is -2.46. The summed E-state index contributed by atoms with van der Waals surface area (Å²) in [5, 5.41) is 3.73. The number of piperidine rings is 1. The largest absolute Gasteiger partial charge is 0.371 e. The second kappa shape index (κ2) is 9.97. The second-order valence-corrected chi connectivity index (χ2v) is 10.8. The van der Waals surface area contributed by atoms with Crippen LogP contribution in [0.25, 0.3) is 0 Å². The van der Waals surface area contributed by atoms with Gasteiger partial charge in [0.1, 0.15) is 5.82 Å². The summed E-state index contributed by atoms with van der Waals surface area (Å²) in [4.78, 5) is 7.75. The van der Waals surface area contributed by atoms with Crippen molar-refractivity contribution in [2.75, 3.05) is 22.7 Å². The van der Waals surface area contributed by atoms with Gasteiger partial charge in [0.25, 0.3) is 10.0 Å². The molecule has 32 heavy (non-hydrogen) atoms. The van der Waals surface area contributed by atoms with Crippen molar-refractivity contribution in [2.45, 2.75) is 43.2 Å². The maximum Gasteiger partial charge on any atom is 0.261 e. The Labute approximate surface area is 192 Å². The van der Waals surface area contributed by atoms with Gasteiger partial charge in [-0.25, -0.2) is 12.8 Å². The van der Waals surface area contributed by atoms with Crippen molar-refractivity contribution in [2.24, 2.45) is 0 Å². The van der Waals surface area contributed by atoms with Gasteiger partial charge in [-0.05, 0) is 68.7 Å². The third kappa shape index (κ3) is 5.85. The minimum Gasteiger partial charge on any atom is -0.371 e. The predicted octanol–water partition coefficient (Wildman–Crippen LogP) is 4.27. The molecule has 2 aromatic carbocycles. The van der Waals surface area contributed by atoms with Crippen molar-refractivity contribution in [3.63, 3.8) is 0 Å². The molecule has 170 valence electrons. The molecule has 0 radical (unpaired) electrons. The van der Waals surface area contributed by atoms with Gasteiger partial charge < -0.3 is 10.2 Å². The fourth-order valence-electron chi connectivity index (χ4n) is 4.00. The number of hydrogen-bond acceptors (Lipinski definition) is 6. The van der Waals surface area contributed by atoms with E-state index in [1.165, 1.54) is 17.0 Å². The summed E-state index contributed by atoms with van der Waals surface area (Å²) in [7, 11) is -3.77. The highest BCUT2D eigenvalue weighted by Crippen LogP contribution is 2.25. The molecule has 2 N–H and O–H groups in total. The lowest BCUT2D eigenvalue weighted by atomic mass is 10.0. The standard InChI is InChI=1S/C23H27FN4O2S2/c1-17(13-22-15-25-16-31-22)26-19-9-11-28(12-10-19)21-4-2-3-20(14-21)27-32(29,30)23-7-5-18(24)6-8-23/h2-8,14-17,19,26-27H,9-13H2,1H3/t17-/m1/s1. The summed E-state index contributed by atoms with van der Waals surface area (Å²) in [5.41, 5.74) is 3.35. The first-order chi connectivity index (χ1) is 15.4. The second-order valence-electron chi connectivity index (χ2n) is 8.11. The molecule has 0 amide bonds. The Bertz CT molecular complexity index is 1110. The first-order valence-electron chi connectivity index (χ1n) is 10.7. The number of anilines is 2. The van der Waals surface area contributed by atoms with Crippen LogP contribution in [0.2, 0.25) is 0 Å². The molecular weight excluding hydrogens is 447 g/mol. The van der Waals surface area contributed by atoms with Crippen LogP contribution in [-0.2, 0) is 16.4 Å². The molecule has 6 nitrogen and oxygen atoms in total. The summed E-state index contributed by atoms with van der Waals surface area (Å²) in [5.74, 6) is -0.471. The van der Waals surface area contributed by atoms with E-state index in [1.54, 1.807) is 17.4 Å². The Kier molecular flexibility index (Phi) is 7.07. The van der Waals surface area contributed by atoms with Crippen molar-refractivity contribution >= 4 is 32.7 Å². The Balaban J connectivity index is 1.33. The zero-order valence-electron chi connectivity index (χ0n) is 17.9. The summed E-state index contributed by atoms with van der Waals surface area (Å²) in [6.07, 6.45) is 4.97. The van der Waals surface area contributed by atoms with Gasteiger partial charge in [-0.15, -0.1) is 11.3 Å². The number of benzene rings is 2. The molecule has 0 bridgehead atoms. The molecule has 9 heteroatoms. The molecule has 3 aromatic rings. The Morgan fingerprint density at radius 2 is 1.94 bits per heavy atom. The highest BCUT2D eigenvalue weighted by Gasteiger charge is 2.22. The highest BCUT2D eigenvalue weighted by molar-refractivity contribution is 7.92. The highest BCUT2D eigenvalue weighted by atomic mass is 32.2. The zero-order chi connectivity index (χ0) is 22.6. The van der Waals surface area contributed by atoms with Crippen LogP contribution in [0.1, 0.15) is 24.6 Å². The van der Waals surface area contributed by atoms with Gasteiger partial charge >= 0.3 is 0 Å². The maximum atomic E-state index is 13.1. The number of hydrogen-bond donors (Lipinski definition) is 2.